The van der Waals surface area contributed by atoms with Crippen LogP contribution in [0.3, 0.4) is 0 Å². The van der Waals surface area contributed by atoms with Crippen LogP contribution >= 0.6 is 23.2 Å². The molecule has 0 saturated carbocycles. The third-order valence-electron chi connectivity index (χ3n) is 2.33. The van der Waals surface area contributed by atoms with Crippen molar-refractivity contribution in [2.75, 3.05) is 13.1 Å². The van der Waals surface area contributed by atoms with E-state index in [1.165, 1.54) is 6.92 Å². The number of carboxylic acid groups (broad SMARTS) is 1. The Kier molecular flexibility index (Phi) is 5.97. The van der Waals surface area contributed by atoms with Gasteiger partial charge in [-0.2, -0.15) is 0 Å². The Labute approximate surface area is 131 Å². The molecule has 0 radical (unpaired) electrons. The van der Waals surface area contributed by atoms with Crippen LogP contribution in [-0.4, -0.2) is 38.5 Å². The highest BCUT2D eigenvalue weighted by molar-refractivity contribution is 7.89. The number of hydrogen-bond donors (Lipinski definition) is 3. The van der Waals surface area contributed by atoms with Crippen LogP contribution in [0.5, 0.6) is 0 Å². The van der Waals surface area contributed by atoms with E-state index in [2.05, 4.69) is 10.0 Å². The molecule has 1 amide bonds. The number of hydrogen-bond acceptors (Lipinski definition) is 4. The van der Waals surface area contributed by atoms with Gasteiger partial charge in [0, 0.05) is 20.0 Å². The number of nitrogens with one attached hydrogen (secondary N) is 2. The highest BCUT2D eigenvalue weighted by Crippen LogP contribution is 2.28. The minimum atomic E-state index is -4.02. The zero-order valence-electron chi connectivity index (χ0n) is 10.8. The summed E-state index contributed by atoms with van der Waals surface area (Å²) in [6.45, 7) is 1.32. The molecular weight excluding hydrogens is 343 g/mol. The summed E-state index contributed by atoms with van der Waals surface area (Å²) in [5.74, 6) is -1.67. The molecular formula is C11H12Cl2N2O5S. The summed E-state index contributed by atoms with van der Waals surface area (Å²) in [7, 11) is -4.02. The van der Waals surface area contributed by atoms with Gasteiger partial charge >= 0.3 is 5.97 Å². The first kappa shape index (κ1) is 17.7. The number of amides is 1. The summed E-state index contributed by atoms with van der Waals surface area (Å²) >= 11 is 11.5. The molecule has 0 aliphatic carbocycles. The van der Waals surface area contributed by atoms with E-state index < -0.39 is 20.9 Å². The van der Waals surface area contributed by atoms with Crippen molar-refractivity contribution in [2.45, 2.75) is 11.8 Å². The first-order valence-electron chi connectivity index (χ1n) is 5.61. The Hall–Kier alpha value is -1.35. The molecule has 0 heterocycles. The van der Waals surface area contributed by atoms with Gasteiger partial charge in [0.15, 0.2) is 0 Å². The van der Waals surface area contributed by atoms with Crippen molar-refractivity contribution in [3.8, 4) is 0 Å². The van der Waals surface area contributed by atoms with Crippen molar-refractivity contribution in [2.24, 2.45) is 0 Å². The molecule has 0 aliphatic heterocycles. The fourth-order valence-corrected chi connectivity index (χ4v) is 3.28. The molecule has 0 spiro atoms. The molecule has 0 aliphatic rings. The van der Waals surface area contributed by atoms with Gasteiger partial charge in [-0.25, -0.2) is 17.9 Å². The van der Waals surface area contributed by atoms with E-state index in [9.17, 15) is 18.0 Å². The van der Waals surface area contributed by atoms with Gasteiger partial charge in [-0.15, -0.1) is 0 Å². The second kappa shape index (κ2) is 7.08. The number of aromatic carboxylic acids is 1. The number of carbonyl (C=O) groups excluding carboxylic acids is 1. The topological polar surface area (TPSA) is 113 Å². The maximum Gasteiger partial charge on any atom is 0.337 e. The van der Waals surface area contributed by atoms with Crippen molar-refractivity contribution in [1.82, 2.24) is 10.0 Å². The van der Waals surface area contributed by atoms with Crippen molar-refractivity contribution < 1.29 is 23.1 Å². The van der Waals surface area contributed by atoms with Gasteiger partial charge in [0.2, 0.25) is 15.9 Å². The van der Waals surface area contributed by atoms with Crippen molar-refractivity contribution >= 4 is 45.1 Å². The first-order valence-corrected chi connectivity index (χ1v) is 7.85. The van der Waals surface area contributed by atoms with Crippen LogP contribution in [0, 0.1) is 0 Å². The zero-order chi connectivity index (χ0) is 16.2. The third kappa shape index (κ3) is 4.85. The molecule has 21 heavy (non-hydrogen) atoms. The smallest absolute Gasteiger partial charge is 0.337 e. The lowest BCUT2D eigenvalue weighted by Gasteiger charge is -2.10. The fourth-order valence-electron chi connectivity index (χ4n) is 1.40. The van der Waals surface area contributed by atoms with Crippen LogP contribution in [0.15, 0.2) is 17.0 Å². The van der Waals surface area contributed by atoms with E-state index in [-0.39, 0.29) is 34.6 Å². The van der Waals surface area contributed by atoms with E-state index in [0.29, 0.717) is 0 Å². The predicted octanol–water partition coefficient (Wildman–Crippen LogP) is 1.11. The monoisotopic (exact) mass is 354 g/mol. The summed E-state index contributed by atoms with van der Waals surface area (Å²) in [5, 5.41) is 11.0. The largest absolute Gasteiger partial charge is 0.478 e. The van der Waals surface area contributed by atoms with Crippen molar-refractivity contribution in [1.29, 1.82) is 0 Å². The van der Waals surface area contributed by atoms with Crippen LogP contribution in [0.1, 0.15) is 17.3 Å². The first-order chi connectivity index (χ1) is 9.65. The molecule has 3 N–H and O–H groups in total. The Morgan fingerprint density at radius 3 is 2.33 bits per heavy atom. The van der Waals surface area contributed by atoms with Crippen molar-refractivity contribution in [3.63, 3.8) is 0 Å². The molecule has 0 bridgehead atoms. The molecule has 1 aromatic carbocycles. The van der Waals surface area contributed by atoms with Gasteiger partial charge in [0.1, 0.15) is 4.90 Å². The average Bonchev–Trinajstić information content (AvgIpc) is 2.33. The van der Waals surface area contributed by atoms with Gasteiger partial charge in [0.05, 0.1) is 15.6 Å². The Balaban J connectivity index is 3.00. The number of halogens is 2. The van der Waals surface area contributed by atoms with Gasteiger partial charge in [-0.05, 0) is 12.1 Å². The van der Waals surface area contributed by atoms with Gasteiger partial charge < -0.3 is 10.4 Å². The minimum absolute atomic E-state index is 0.0662. The highest BCUT2D eigenvalue weighted by atomic mass is 35.5. The molecule has 0 atom stereocenters. The quantitative estimate of drug-likeness (QED) is 0.662. The molecule has 0 aromatic heterocycles. The minimum Gasteiger partial charge on any atom is -0.478 e. The standard InChI is InChI=1S/C11H12Cl2N2O5S/c1-6(16)14-2-3-15-21(19,20)10-4-7(11(17)18)8(12)5-9(10)13/h4-5,15H,2-3H2,1H3,(H,14,16)(H,17,18). The summed E-state index contributed by atoms with van der Waals surface area (Å²) < 4.78 is 26.3. The summed E-state index contributed by atoms with van der Waals surface area (Å²) in [6, 6.07) is 1.93. The summed E-state index contributed by atoms with van der Waals surface area (Å²) in [4.78, 5) is 21.2. The molecule has 0 saturated heterocycles. The Morgan fingerprint density at radius 2 is 1.81 bits per heavy atom. The van der Waals surface area contributed by atoms with Crippen LogP contribution in [0.4, 0.5) is 0 Å². The maximum atomic E-state index is 12.0. The molecule has 1 rings (SSSR count). The normalized spacial score (nSPS) is 11.2. The number of carboxylic acids is 1. The lowest BCUT2D eigenvalue weighted by atomic mass is 10.2. The summed E-state index contributed by atoms with van der Waals surface area (Å²) in [6.07, 6.45) is 0. The van der Waals surface area contributed by atoms with Crippen LogP contribution in [0.2, 0.25) is 10.0 Å². The Bertz CT molecular complexity index is 675. The van der Waals surface area contributed by atoms with E-state index >= 15 is 0 Å². The predicted molar refractivity (Wildman–Crippen MR) is 77.3 cm³/mol. The van der Waals surface area contributed by atoms with Gasteiger partial charge in [-0.1, -0.05) is 23.2 Å². The Morgan fingerprint density at radius 1 is 1.19 bits per heavy atom. The van der Waals surface area contributed by atoms with Crippen molar-refractivity contribution in [3.05, 3.63) is 27.7 Å². The lowest BCUT2D eigenvalue weighted by molar-refractivity contribution is -0.118. The lowest BCUT2D eigenvalue weighted by Crippen LogP contribution is -2.33. The molecule has 0 unspecified atom stereocenters. The summed E-state index contributed by atoms with van der Waals surface area (Å²) in [5.41, 5.74) is -0.372. The van der Waals surface area contributed by atoms with E-state index in [0.717, 1.165) is 12.1 Å². The van der Waals surface area contributed by atoms with Gasteiger partial charge in [0.25, 0.3) is 0 Å². The number of sulfonamides is 1. The molecule has 0 fully saturated rings. The van der Waals surface area contributed by atoms with Crippen LogP contribution in [-0.2, 0) is 14.8 Å². The molecule has 116 valence electrons. The van der Waals surface area contributed by atoms with Crippen LogP contribution < -0.4 is 10.0 Å². The van der Waals surface area contributed by atoms with Gasteiger partial charge in [-0.3, -0.25) is 4.79 Å². The number of rotatable bonds is 6. The number of carbonyl (C=O) groups is 2. The van der Waals surface area contributed by atoms with Crippen LogP contribution in [0.25, 0.3) is 0 Å². The fraction of sp³-hybridized carbons (Fsp3) is 0.273. The zero-order valence-corrected chi connectivity index (χ0v) is 13.1. The molecule has 10 heteroatoms. The third-order valence-corrected chi connectivity index (χ3v) is 4.57. The van der Waals surface area contributed by atoms with E-state index in [1.807, 2.05) is 0 Å². The second-order valence-electron chi connectivity index (χ2n) is 3.95. The molecule has 1 aromatic rings. The number of benzene rings is 1. The SMILES string of the molecule is CC(=O)NCCNS(=O)(=O)c1cc(C(=O)O)c(Cl)cc1Cl. The van der Waals surface area contributed by atoms with E-state index in [1.54, 1.807) is 0 Å². The van der Waals surface area contributed by atoms with E-state index in [4.69, 9.17) is 28.3 Å². The highest BCUT2D eigenvalue weighted by Gasteiger charge is 2.22. The second-order valence-corrected chi connectivity index (χ2v) is 6.50. The maximum absolute atomic E-state index is 12.0. The molecule has 7 nitrogen and oxygen atoms in total. The average molecular weight is 355 g/mol.